The van der Waals surface area contributed by atoms with Crippen LogP contribution in [0.25, 0.3) is 0 Å². The van der Waals surface area contributed by atoms with Crippen LogP contribution in [0.4, 0.5) is 0 Å². The van der Waals surface area contributed by atoms with E-state index in [1.807, 2.05) is 43.0 Å². The average molecular weight is 388 g/mol. The molecule has 0 bridgehead atoms. The van der Waals surface area contributed by atoms with E-state index in [-0.39, 0.29) is 24.0 Å². The van der Waals surface area contributed by atoms with Crippen LogP contribution in [0.15, 0.2) is 24.3 Å². The summed E-state index contributed by atoms with van der Waals surface area (Å²) >= 11 is 0. The largest absolute Gasteiger partial charge is 0.491 e. The van der Waals surface area contributed by atoms with E-state index >= 15 is 0 Å². The van der Waals surface area contributed by atoms with Gasteiger partial charge in [-0.1, -0.05) is 18.2 Å². The number of para-hydroxylation sites is 1. The third kappa shape index (κ3) is 5.71. The molecule has 2 atom stereocenters. The van der Waals surface area contributed by atoms with E-state index in [0.717, 1.165) is 50.1 Å². The second kappa shape index (κ2) is 9.92. The number of ether oxygens (including phenoxy) is 1. The minimum atomic E-state index is -0.0428. The molecule has 6 heteroatoms. The molecule has 154 valence electrons. The number of hydrogen-bond donors (Lipinski definition) is 2. The van der Waals surface area contributed by atoms with Crippen LogP contribution in [0.3, 0.4) is 0 Å². The number of nitrogens with zero attached hydrogens (tertiary/aromatic N) is 1. The first-order valence-corrected chi connectivity index (χ1v) is 10.6. The van der Waals surface area contributed by atoms with Gasteiger partial charge in [-0.15, -0.1) is 0 Å². The molecular weight excluding hydrogens is 354 g/mol. The number of hydrogen-bond acceptors (Lipinski definition) is 4. The fourth-order valence-corrected chi connectivity index (χ4v) is 4.03. The maximum Gasteiger partial charge on any atom is 0.237 e. The highest BCUT2D eigenvalue weighted by Gasteiger charge is 2.26. The highest BCUT2D eigenvalue weighted by Crippen LogP contribution is 2.22. The van der Waals surface area contributed by atoms with Crippen molar-refractivity contribution in [2.75, 3.05) is 26.2 Å². The smallest absolute Gasteiger partial charge is 0.237 e. The first-order valence-electron chi connectivity index (χ1n) is 10.6. The number of likely N-dealkylation sites (tertiary alicyclic amines) is 1. The van der Waals surface area contributed by atoms with Gasteiger partial charge in [-0.2, -0.15) is 0 Å². The van der Waals surface area contributed by atoms with E-state index in [4.69, 9.17) is 4.74 Å². The molecule has 2 N–H and O–H groups in total. The number of amides is 2. The molecule has 2 fully saturated rings. The van der Waals surface area contributed by atoms with Crippen LogP contribution in [-0.4, -0.2) is 55.0 Å². The third-order valence-corrected chi connectivity index (χ3v) is 5.49. The predicted octanol–water partition coefficient (Wildman–Crippen LogP) is 2.12. The van der Waals surface area contributed by atoms with Gasteiger partial charge in [0, 0.05) is 25.2 Å². The Hall–Kier alpha value is -2.08. The summed E-state index contributed by atoms with van der Waals surface area (Å²) in [5.74, 6) is 1.34. The average Bonchev–Trinajstić information content (AvgIpc) is 3.22. The van der Waals surface area contributed by atoms with Crippen LogP contribution >= 0.6 is 0 Å². The molecule has 0 radical (unpaired) electrons. The molecule has 2 amide bonds. The normalized spacial score (nSPS) is 22.3. The van der Waals surface area contributed by atoms with Gasteiger partial charge in [-0.3, -0.25) is 9.59 Å². The summed E-state index contributed by atoms with van der Waals surface area (Å²) < 4.78 is 5.84. The molecule has 3 rings (SSSR count). The molecule has 0 aromatic heterocycles. The fourth-order valence-electron chi connectivity index (χ4n) is 4.03. The minimum Gasteiger partial charge on any atom is -0.491 e. The van der Waals surface area contributed by atoms with E-state index in [1.165, 1.54) is 0 Å². The summed E-state index contributed by atoms with van der Waals surface area (Å²) in [7, 11) is 0. The molecule has 2 saturated heterocycles. The Morgan fingerprint density at radius 3 is 2.82 bits per heavy atom. The Balaban J connectivity index is 1.51. The van der Waals surface area contributed by atoms with Gasteiger partial charge in [-0.05, 0) is 58.1 Å². The summed E-state index contributed by atoms with van der Waals surface area (Å²) in [6, 6.07) is 7.73. The van der Waals surface area contributed by atoms with Gasteiger partial charge in [0.05, 0.1) is 18.6 Å². The molecule has 0 spiro atoms. The lowest BCUT2D eigenvalue weighted by Gasteiger charge is -2.33. The zero-order chi connectivity index (χ0) is 19.9. The van der Waals surface area contributed by atoms with Crippen molar-refractivity contribution in [3.05, 3.63) is 29.8 Å². The highest BCUT2D eigenvalue weighted by atomic mass is 16.5. The Labute approximate surface area is 168 Å². The second-order valence-electron chi connectivity index (χ2n) is 8.19. The van der Waals surface area contributed by atoms with Crippen molar-refractivity contribution in [1.82, 2.24) is 15.5 Å². The van der Waals surface area contributed by atoms with Crippen LogP contribution in [-0.2, 0) is 16.0 Å². The van der Waals surface area contributed by atoms with E-state index < -0.39 is 0 Å². The number of carbonyl (C=O) groups is 2. The Morgan fingerprint density at radius 1 is 1.25 bits per heavy atom. The maximum absolute atomic E-state index is 12.9. The van der Waals surface area contributed by atoms with E-state index in [0.29, 0.717) is 25.4 Å². The van der Waals surface area contributed by atoms with Gasteiger partial charge in [-0.25, -0.2) is 0 Å². The summed E-state index contributed by atoms with van der Waals surface area (Å²) in [5.41, 5.74) is 0.934. The summed E-state index contributed by atoms with van der Waals surface area (Å²) in [5, 5.41) is 6.30. The summed E-state index contributed by atoms with van der Waals surface area (Å²) in [6.45, 7) is 7.05. The highest BCUT2D eigenvalue weighted by molar-refractivity contribution is 5.82. The Bertz CT molecular complexity index is 671. The summed E-state index contributed by atoms with van der Waals surface area (Å²) in [4.78, 5) is 27.0. The minimum absolute atomic E-state index is 0.0428. The van der Waals surface area contributed by atoms with E-state index in [9.17, 15) is 9.59 Å². The SMILES string of the molecule is CC(C)Oc1ccccc1CC(=O)N1CCCC(CNC(=O)C2CCCN2)C1. The van der Waals surface area contributed by atoms with Crippen molar-refractivity contribution >= 4 is 11.8 Å². The predicted molar refractivity (Wildman–Crippen MR) is 109 cm³/mol. The topological polar surface area (TPSA) is 70.7 Å². The molecule has 6 nitrogen and oxygen atoms in total. The maximum atomic E-state index is 12.9. The van der Waals surface area contributed by atoms with Crippen molar-refractivity contribution in [3.8, 4) is 5.75 Å². The molecule has 1 aromatic rings. The van der Waals surface area contributed by atoms with Gasteiger partial charge >= 0.3 is 0 Å². The lowest BCUT2D eigenvalue weighted by atomic mass is 9.97. The molecule has 2 unspecified atom stereocenters. The van der Waals surface area contributed by atoms with Crippen molar-refractivity contribution in [2.45, 2.75) is 58.1 Å². The summed E-state index contributed by atoms with van der Waals surface area (Å²) in [6.07, 6.45) is 4.44. The van der Waals surface area contributed by atoms with Gasteiger partial charge in [0.15, 0.2) is 0 Å². The monoisotopic (exact) mass is 387 g/mol. The number of rotatable bonds is 7. The van der Waals surface area contributed by atoms with Crippen molar-refractivity contribution < 1.29 is 14.3 Å². The molecule has 2 aliphatic rings. The van der Waals surface area contributed by atoms with E-state index in [2.05, 4.69) is 10.6 Å². The third-order valence-electron chi connectivity index (χ3n) is 5.49. The van der Waals surface area contributed by atoms with Crippen molar-refractivity contribution in [1.29, 1.82) is 0 Å². The first-order chi connectivity index (χ1) is 13.5. The lowest BCUT2D eigenvalue weighted by Crippen LogP contribution is -2.47. The molecular formula is C22H33N3O3. The number of carbonyl (C=O) groups excluding carboxylic acids is 2. The molecule has 1 aromatic carbocycles. The van der Waals surface area contributed by atoms with Crippen LogP contribution in [0.2, 0.25) is 0 Å². The van der Waals surface area contributed by atoms with Crippen LogP contribution in [0, 0.1) is 5.92 Å². The fraction of sp³-hybridized carbons (Fsp3) is 0.636. The van der Waals surface area contributed by atoms with Crippen LogP contribution in [0.1, 0.15) is 45.1 Å². The van der Waals surface area contributed by atoms with Crippen LogP contribution < -0.4 is 15.4 Å². The van der Waals surface area contributed by atoms with Crippen LogP contribution in [0.5, 0.6) is 5.75 Å². The number of piperidine rings is 1. The Morgan fingerprint density at radius 2 is 2.07 bits per heavy atom. The lowest BCUT2D eigenvalue weighted by molar-refractivity contribution is -0.132. The number of nitrogens with one attached hydrogen (secondary N) is 2. The van der Waals surface area contributed by atoms with Crippen molar-refractivity contribution in [2.24, 2.45) is 5.92 Å². The van der Waals surface area contributed by atoms with E-state index in [1.54, 1.807) is 0 Å². The second-order valence-corrected chi connectivity index (χ2v) is 8.19. The first kappa shape index (κ1) is 20.6. The zero-order valence-corrected chi connectivity index (χ0v) is 17.1. The standard InChI is InChI=1S/C22H33N3O3/c1-16(2)28-20-10-4-3-8-18(20)13-21(26)25-12-6-7-17(15-25)14-24-22(27)19-9-5-11-23-19/h3-4,8,10,16-17,19,23H,5-7,9,11-15H2,1-2H3,(H,24,27). The molecule has 2 heterocycles. The van der Waals surface area contributed by atoms with Crippen molar-refractivity contribution in [3.63, 3.8) is 0 Å². The van der Waals surface area contributed by atoms with Gasteiger partial charge in [0.1, 0.15) is 5.75 Å². The van der Waals surface area contributed by atoms with Gasteiger partial charge in [0.2, 0.25) is 11.8 Å². The molecule has 0 saturated carbocycles. The molecule has 2 aliphatic heterocycles. The number of benzene rings is 1. The van der Waals surface area contributed by atoms with Gasteiger partial charge in [0.25, 0.3) is 0 Å². The zero-order valence-electron chi connectivity index (χ0n) is 17.1. The Kier molecular flexibility index (Phi) is 7.31. The molecule has 28 heavy (non-hydrogen) atoms. The quantitative estimate of drug-likeness (QED) is 0.752. The van der Waals surface area contributed by atoms with Gasteiger partial charge < -0.3 is 20.3 Å². The molecule has 0 aliphatic carbocycles.